The van der Waals surface area contributed by atoms with Gasteiger partial charge < -0.3 is 5.32 Å². The number of carbonyl (C=O) groups excluding carboxylic acids is 1. The summed E-state index contributed by atoms with van der Waals surface area (Å²) in [6, 6.07) is 5.96. The quantitative estimate of drug-likeness (QED) is 0.859. The van der Waals surface area contributed by atoms with E-state index in [-0.39, 0.29) is 11.7 Å². The van der Waals surface area contributed by atoms with Gasteiger partial charge in [-0.15, -0.1) is 0 Å². The third kappa shape index (κ3) is 4.27. The number of halogens is 1. The fourth-order valence-corrected chi connectivity index (χ4v) is 1.88. The van der Waals surface area contributed by atoms with Crippen molar-refractivity contribution in [3.8, 4) is 0 Å². The van der Waals surface area contributed by atoms with Gasteiger partial charge in [-0.05, 0) is 37.6 Å². The van der Waals surface area contributed by atoms with E-state index in [1.807, 2.05) is 24.7 Å². The summed E-state index contributed by atoms with van der Waals surface area (Å²) < 4.78 is 14.6. The second-order valence-electron chi connectivity index (χ2n) is 4.70. The number of carbonyl (C=O) groups is 1. The van der Waals surface area contributed by atoms with Crippen molar-refractivity contribution in [1.29, 1.82) is 0 Å². The predicted molar refractivity (Wildman–Crippen MR) is 79.9 cm³/mol. The van der Waals surface area contributed by atoms with Crippen molar-refractivity contribution in [2.75, 3.05) is 0 Å². The van der Waals surface area contributed by atoms with Gasteiger partial charge in [-0.1, -0.05) is 12.1 Å². The van der Waals surface area contributed by atoms with E-state index < -0.39 is 0 Å². The first kappa shape index (κ1) is 15.0. The molecule has 4 nitrogen and oxygen atoms in total. The SMILES string of the molecule is CCn1cc(CNC(=O)/C=C/c2ccc(F)cc2)c(C)n1. The first-order chi connectivity index (χ1) is 10.1. The molecule has 0 aliphatic rings. The Morgan fingerprint density at radius 3 is 2.71 bits per heavy atom. The molecule has 0 saturated heterocycles. The van der Waals surface area contributed by atoms with Crippen LogP contribution in [0.3, 0.4) is 0 Å². The molecule has 1 amide bonds. The first-order valence-corrected chi connectivity index (χ1v) is 6.83. The molecule has 0 unspecified atom stereocenters. The Kier molecular flexibility index (Phi) is 4.87. The molecule has 1 aromatic carbocycles. The highest BCUT2D eigenvalue weighted by Crippen LogP contribution is 2.06. The smallest absolute Gasteiger partial charge is 0.244 e. The maximum absolute atomic E-state index is 12.8. The Labute approximate surface area is 123 Å². The van der Waals surface area contributed by atoms with E-state index in [1.165, 1.54) is 18.2 Å². The number of amides is 1. The van der Waals surface area contributed by atoms with E-state index in [1.54, 1.807) is 18.2 Å². The third-order valence-electron chi connectivity index (χ3n) is 3.12. The fraction of sp³-hybridized carbons (Fsp3) is 0.250. The zero-order chi connectivity index (χ0) is 15.2. The van der Waals surface area contributed by atoms with Crippen molar-refractivity contribution in [1.82, 2.24) is 15.1 Å². The summed E-state index contributed by atoms with van der Waals surface area (Å²) >= 11 is 0. The number of benzene rings is 1. The predicted octanol–water partition coefficient (Wildman–Crippen LogP) is 2.68. The van der Waals surface area contributed by atoms with E-state index >= 15 is 0 Å². The van der Waals surface area contributed by atoms with Crippen LogP contribution in [0.2, 0.25) is 0 Å². The van der Waals surface area contributed by atoms with Crippen LogP contribution in [0.15, 0.2) is 36.5 Å². The number of aryl methyl sites for hydroxylation is 2. The molecule has 0 radical (unpaired) electrons. The van der Waals surface area contributed by atoms with Crippen LogP contribution < -0.4 is 5.32 Å². The zero-order valence-corrected chi connectivity index (χ0v) is 12.1. The van der Waals surface area contributed by atoms with Gasteiger partial charge in [0.2, 0.25) is 5.91 Å². The van der Waals surface area contributed by atoms with Gasteiger partial charge in [0.25, 0.3) is 0 Å². The molecule has 0 atom stereocenters. The molecule has 2 aromatic rings. The lowest BCUT2D eigenvalue weighted by Gasteiger charge is -2.00. The van der Waals surface area contributed by atoms with Crippen molar-refractivity contribution in [3.63, 3.8) is 0 Å². The second kappa shape index (κ2) is 6.83. The van der Waals surface area contributed by atoms with Gasteiger partial charge in [0, 0.05) is 30.9 Å². The first-order valence-electron chi connectivity index (χ1n) is 6.83. The van der Waals surface area contributed by atoms with Gasteiger partial charge in [0.05, 0.1) is 5.69 Å². The van der Waals surface area contributed by atoms with Gasteiger partial charge in [-0.3, -0.25) is 9.48 Å². The Bertz CT molecular complexity index is 644. The molecule has 1 heterocycles. The number of hydrogen-bond donors (Lipinski definition) is 1. The van der Waals surface area contributed by atoms with Gasteiger partial charge in [0.15, 0.2) is 0 Å². The van der Waals surface area contributed by atoms with Crippen LogP contribution >= 0.6 is 0 Å². The molecule has 0 bridgehead atoms. The Hall–Kier alpha value is -2.43. The molecule has 0 fully saturated rings. The molecule has 0 aliphatic heterocycles. The van der Waals surface area contributed by atoms with Crippen LogP contribution in [-0.2, 0) is 17.9 Å². The van der Waals surface area contributed by atoms with Crippen LogP contribution in [-0.4, -0.2) is 15.7 Å². The molecule has 0 spiro atoms. The molecule has 5 heteroatoms. The van der Waals surface area contributed by atoms with E-state index in [0.29, 0.717) is 6.54 Å². The molecular formula is C16H18FN3O. The number of hydrogen-bond acceptors (Lipinski definition) is 2. The highest BCUT2D eigenvalue weighted by atomic mass is 19.1. The monoisotopic (exact) mass is 287 g/mol. The maximum Gasteiger partial charge on any atom is 0.244 e. The van der Waals surface area contributed by atoms with Crippen molar-refractivity contribution in [2.45, 2.75) is 26.9 Å². The van der Waals surface area contributed by atoms with Crippen LogP contribution in [0.1, 0.15) is 23.7 Å². The Morgan fingerprint density at radius 1 is 1.38 bits per heavy atom. The molecular weight excluding hydrogens is 269 g/mol. The lowest BCUT2D eigenvalue weighted by atomic mass is 10.2. The van der Waals surface area contributed by atoms with E-state index in [2.05, 4.69) is 10.4 Å². The van der Waals surface area contributed by atoms with Gasteiger partial charge >= 0.3 is 0 Å². The normalized spacial score (nSPS) is 11.0. The summed E-state index contributed by atoms with van der Waals surface area (Å²) in [5.74, 6) is -0.483. The summed E-state index contributed by atoms with van der Waals surface area (Å²) in [6.45, 7) is 5.18. The second-order valence-corrected chi connectivity index (χ2v) is 4.70. The summed E-state index contributed by atoms with van der Waals surface area (Å²) in [5, 5.41) is 7.13. The third-order valence-corrected chi connectivity index (χ3v) is 3.12. The van der Waals surface area contributed by atoms with Crippen molar-refractivity contribution in [2.24, 2.45) is 0 Å². The number of aromatic nitrogens is 2. The van der Waals surface area contributed by atoms with Crippen molar-refractivity contribution >= 4 is 12.0 Å². The lowest BCUT2D eigenvalue weighted by molar-refractivity contribution is -0.116. The largest absolute Gasteiger partial charge is 0.348 e. The minimum absolute atomic E-state index is 0.192. The molecule has 1 N–H and O–H groups in total. The van der Waals surface area contributed by atoms with Crippen LogP contribution in [0, 0.1) is 12.7 Å². The summed E-state index contributed by atoms with van der Waals surface area (Å²) in [5.41, 5.74) is 2.70. The average Bonchev–Trinajstić information content (AvgIpc) is 2.85. The van der Waals surface area contributed by atoms with E-state index in [4.69, 9.17) is 0 Å². The van der Waals surface area contributed by atoms with Gasteiger partial charge in [-0.25, -0.2) is 4.39 Å². The standard InChI is InChI=1S/C16H18FN3O/c1-3-20-11-14(12(2)19-20)10-18-16(21)9-6-13-4-7-15(17)8-5-13/h4-9,11H,3,10H2,1-2H3,(H,18,21)/b9-6+. The minimum atomic E-state index is -0.292. The Balaban J connectivity index is 1.89. The highest BCUT2D eigenvalue weighted by Gasteiger charge is 2.04. The number of rotatable bonds is 5. The molecule has 0 aliphatic carbocycles. The van der Waals surface area contributed by atoms with E-state index in [9.17, 15) is 9.18 Å². The van der Waals surface area contributed by atoms with Crippen LogP contribution in [0.5, 0.6) is 0 Å². The number of nitrogens with one attached hydrogen (secondary N) is 1. The zero-order valence-electron chi connectivity index (χ0n) is 12.1. The summed E-state index contributed by atoms with van der Waals surface area (Å²) in [4.78, 5) is 11.7. The minimum Gasteiger partial charge on any atom is -0.348 e. The molecule has 2 rings (SSSR count). The van der Waals surface area contributed by atoms with Gasteiger partial charge in [-0.2, -0.15) is 5.10 Å². The molecule has 0 saturated carbocycles. The van der Waals surface area contributed by atoms with E-state index in [0.717, 1.165) is 23.4 Å². The molecule has 1 aromatic heterocycles. The van der Waals surface area contributed by atoms with Crippen molar-refractivity contribution in [3.05, 3.63) is 59.2 Å². The van der Waals surface area contributed by atoms with Crippen LogP contribution in [0.25, 0.3) is 6.08 Å². The topological polar surface area (TPSA) is 46.9 Å². The highest BCUT2D eigenvalue weighted by molar-refractivity contribution is 5.91. The van der Waals surface area contributed by atoms with Gasteiger partial charge in [0.1, 0.15) is 5.82 Å². The summed E-state index contributed by atoms with van der Waals surface area (Å²) in [6.07, 6.45) is 5.02. The molecule has 21 heavy (non-hydrogen) atoms. The average molecular weight is 287 g/mol. The number of nitrogens with zero attached hydrogens (tertiary/aromatic N) is 2. The lowest BCUT2D eigenvalue weighted by Crippen LogP contribution is -2.20. The fourth-order valence-electron chi connectivity index (χ4n) is 1.88. The Morgan fingerprint density at radius 2 is 2.10 bits per heavy atom. The van der Waals surface area contributed by atoms with Crippen LogP contribution in [0.4, 0.5) is 4.39 Å². The van der Waals surface area contributed by atoms with Crippen molar-refractivity contribution < 1.29 is 9.18 Å². The summed E-state index contributed by atoms with van der Waals surface area (Å²) in [7, 11) is 0. The maximum atomic E-state index is 12.8. The molecule has 110 valence electrons.